The van der Waals surface area contributed by atoms with Crippen molar-refractivity contribution in [1.82, 2.24) is 19.1 Å². The van der Waals surface area contributed by atoms with Crippen LogP contribution < -0.4 is 21.2 Å². The zero-order valence-electron chi connectivity index (χ0n) is 30.7. The molecule has 0 bridgehead atoms. The van der Waals surface area contributed by atoms with Gasteiger partial charge in [0.05, 0.1) is 41.7 Å². The van der Waals surface area contributed by atoms with Gasteiger partial charge in [0.25, 0.3) is 5.91 Å². The fourth-order valence-electron chi connectivity index (χ4n) is 6.37. The lowest BCUT2D eigenvalue weighted by atomic mass is 10.1. The maximum absolute atomic E-state index is 16.4. The zero-order valence-corrected chi connectivity index (χ0v) is 33.2. The predicted octanol–water partition coefficient (Wildman–Crippen LogP) is 5.01. The van der Waals surface area contributed by atoms with Crippen molar-refractivity contribution in [2.45, 2.75) is 54.2 Å². The first-order valence-electron chi connectivity index (χ1n) is 18.1. The summed E-state index contributed by atoms with van der Waals surface area (Å²) in [7, 11) is -4.92. The molecule has 2 saturated heterocycles. The molecule has 3 N–H and O–H groups in total. The van der Waals surface area contributed by atoms with Crippen LogP contribution in [-0.4, -0.2) is 84.0 Å². The van der Waals surface area contributed by atoms with Gasteiger partial charge >= 0.3 is 19.2 Å². The second-order valence-electron chi connectivity index (χ2n) is 13.4. The van der Waals surface area contributed by atoms with Crippen molar-refractivity contribution in [2.75, 3.05) is 18.5 Å². The van der Waals surface area contributed by atoms with E-state index < -0.39 is 79.7 Å². The number of aliphatic hydroxyl groups excluding tert-OH is 2. The molecule has 7 rings (SSSR count). The van der Waals surface area contributed by atoms with E-state index in [1.807, 2.05) is 0 Å². The van der Waals surface area contributed by atoms with E-state index >= 15 is 4.39 Å². The second kappa shape index (κ2) is 18.5. The van der Waals surface area contributed by atoms with Crippen LogP contribution in [0.25, 0.3) is 0 Å². The first kappa shape index (κ1) is 42.1. The van der Waals surface area contributed by atoms with E-state index in [2.05, 4.69) is 15.3 Å². The lowest BCUT2D eigenvalue weighted by molar-refractivity contribution is -0.0493. The number of aromatic nitrogens is 4. The van der Waals surface area contributed by atoms with Crippen LogP contribution in [0.4, 0.5) is 10.2 Å². The molecule has 5 aromatic rings. The molecule has 20 heteroatoms. The number of nitrogens with one attached hydrogen (secondary N) is 1. The number of amides is 1. The number of phosphoric acid groups is 1. The van der Waals surface area contributed by atoms with Crippen LogP contribution in [-0.2, 0) is 24.8 Å². The van der Waals surface area contributed by atoms with E-state index in [0.29, 0.717) is 11.1 Å². The highest BCUT2D eigenvalue weighted by Crippen LogP contribution is 2.57. The van der Waals surface area contributed by atoms with E-state index in [9.17, 15) is 34.0 Å². The van der Waals surface area contributed by atoms with Crippen molar-refractivity contribution >= 4 is 48.7 Å². The molecule has 308 valence electrons. The Bertz CT molecular complexity index is 2470. The van der Waals surface area contributed by atoms with Gasteiger partial charge in [-0.05, 0) is 36.4 Å². The number of aliphatic hydroxyl groups is 2. The number of carbonyl (C=O) groups excluding carboxylic acids is 2. The Balaban J connectivity index is 1.05. The number of thioether (sulfide) groups is 1. The minimum atomic E-state index is -4.92. The highest BCUT2D eigenvalue weighted by atomic mass is 35.5. The molecule has 0 spiro atoms. The van der Waals surface area contributed by atoms with E-state index in [-0.39, 0.29) is 40.9 Å². The van der Waals surface area contributed by atoms with Crippen molar-refractivity contribution in [3.8, 4) is 5.75 Å². The van der Waals surface area contributed by atoms with Crippen molar-refractivity contribution in [2.24, 2.45) is 0 Å². The summed E-state index contributed by atoms with van der Waals surface area (Å²) in [6, 6.07) is 25.5. The fraction of sp³-hybridized carbons (Fsp3) is 0.282. The molecule has 8 atom stereocenters. The second-order valence-corrected chi connectivity index (χ2v) is 16.7. The van der Waals surface area contributed by atoms with Gasteiger partial charge in [-0.2, -0.15) is 9.97 Å². The number of alkyl halides is 1. The molecule has 16 nitrogen and oxygen atoms in total. The molecule has 0 radical (unpaired) electrons. The number of anilines is 1. The fourth-order valence-corrected chi connectivity index (χ4v) is 9.53. The summed E-state index contributed by atoms with van der Waals surface area (Å²) in [6.45, 7) is -1.32. The van der Waals surface area contributed by atoms with Gasteiger partial charge in [0.1, 0.15) is 35.4 Å². The summed E-state index contributed by atoms with van der Waals surface area (Å²) in [5.74, 6) is -0.981. The Morgan fingerprint density at radius 1 is 0.932 bits per heavy atom. The SMILES string of the molecule is O=C(Cc1ccn([C@H]2C[C@H](O)[C@@H](COP(=O)(Oc3ccccc3Cl)O[C@H]3[C@H](F)[C@H](n4ccc(NC(=O)c5ccccc5)nc4=O)S[C@@H]3CO)O2)c(=O)n1)c1ccccc1. The van der Waals surface area contributed by atoms with Gasteiger partial charge in [-0.1, -0.05) is 72.3 Å². The van der Waals surface area contributed by atoms with Crippen LogP contribution in [0.1, 0.15) is 44.4 Å². The summed E-state index contributed by atoms with van der Waals surface area (Å²) in [4.78, 5) is 59.2. The summed E-state index contributed by atoms with van der Waals surface area (Å²) >= 11 is 7.10. The Morgan fingerprint density at radius 2 is 1.59 bits per heavy atom. The number of halogens is 2. The van der Waals surface area contributed by atoms with Crippen LogP contribution >= 0.6 is 31.2 Å². The molecule has 2 fully saturated rings. The molecule has 0 saturated carbocycles. The molecule has 3 aromatic carbocycles. The van der Waals surface area contributed by atoms with E-state index in [0.717, 1.165) is 20.9 Å². The molecule has 0 aliphatic carbocycles. The first-order chi connectivity index (χ1) is 28.4. The quantitative estimate of drug-likeness (QED) is 0.0933. The van der Waals surface area contributed by atoms with Crippen LogP contribution in [0.15, 0.2) is 119 Å². The van der Waals surface area contributed by atoms with Crippen molar-refractivity contribution in [1.29, 1.82) is 0 Å². The highest BCUT2D eigenvalue weighted by molar-refractivity contribution is 8.00. The normalized spacial score (nSPS) is 23.7. The largest absolute Gasteiger partial charge is 0.530 e. The maximum atomic E-state index is 16.4. The molecular weight excluding hydrogens is 832 g/mol. The summed E-state index contributed by atoms with van der Waals surface area (Å²) in [6.07, 6.45) is -4.90. The van der Waals surface area contributed by atoms with Gasteiger partial charge < -0.3 is 24.8 Å². The van der Waals surface area contributed by atoms with E-state index in [1.54, 1.807) is 66.7 Å². The molecule has 2 aliphatic rings. The van der Waals surface area contributed by atoms with Crippen LogP contribution in [0.3, 0.4) is 0 Å². The third-order valence-corrected chi connectivity index (χ3v) is 12.6. The predicted molar refractivity (Wildman–Crippen MR) is 213 cm³/mol. The number of phosphoric ester groups is 1. The number of hydrogen-bond acceptors (Lipinski definition) is 14. The number of rotatable bonds is 15. The summed E-state index contributed by atoms with van der Waals surface area (Å²) in [5, 5.41) is 21.3. The van der Waals surface area contributed by atoms with Crippen LogP contribution in [0.2, 0.25) is 5.02 Å². The van der Waals surface area contributed by atoms with E-state index in [4.69, 9.17) is 29.9 Å². The van der Waals surface area contributed by atoms with Crippen molar-refractivity contribution in [3.63, 3.8) is 0 Å². The first-order valence-corrected chi connectivity index (χ1v) is 20.9. The zero-order chi connectivity index (χ0) is 41.7. The number of hydrogen-bond donors (Lipinski definition) is 3. The van der Waals surface area contributed by atoms with Crippen molar-refractivity contribution < 1.29 is 47.1 Å². The van der Waals surface area contributed by atoms with Crippen LogP contribution in [0.5, 0.6) is 5.75 Å². The number of ether oxygens (including phenoxy) is 1. The maximum Gasteiger partial charge on any atom is 0.530 e. The number of carbonyl (C=O) groups is 2. The van der Waals surface area contributed by atoms with Gasteiger partial charge in [-0.15, -0.1) is 11.8 Å². The monoisotopic (exact) mass is 867 g/mol. The molecule has 2 aliphatic heterocycles. The Hall–Kier alpha value is -5.04. The van der Waals surface area contributed by atoms with Gasteiger partial charge in [0.2, 0.25) is 0 Å². The van der Waals surface area contributed by atoms with E-state index in [1.165, 1.54) is 42.7 Å². The van der Waals surface area contributed by atoms with Gasteiger partial charge in [0, 0.05) is 29.9 Å². The third kappa shape index (κ3) is 9.88. The number of benzene rings is 3. The Labute approximate surface area is 344 Å². The standard InChI is InChI=1S/C39H36ClFN5O11PS/c40-26-13-7-8-14-29(26)56-58(53,54-22-30-28(49)20-33(55-30)45-17-15-25(42-38(45)51)19-27(48)23-9-3-1-4-10-23)57-35-31(21-47)59-37(34(35)41)46-18-16-32(44-39(46)52)43-36(50)24-11-5-2-6-12-24/h1-18,28,30-31,33-35,37,47,49H,19-22H2,(H,43,44,50,52)/t28-,30+,31+,33+,34-,35+,37+,58?/m0/s1. The number of nitrogens with zero attached hydrogens (tertiary/aromatic N) is 4. The van der Waals surface area contributed by atoms with Gasteiger partial charge in [-0.3, -0.25) is 27.8 Å². The molecular formula is C39H36ClFN5O11PS. The molecule has 2 aromatic heterocycles. The summed E-state index contributed by atoms with van der Waals surface area (Å²) in [5.41, 5.74) is -0.637. The minimum Gasteiger partial charge on any atom is -0.402 e. The minimum absolute atomic E-state index is 0.00387. The Kier molecular flexibility index (Phi) is 13.2. The average molecular weight is 868 g/mol. The number of ketones is 1. The third-order valence-electron chi connectivity index (χ3n) is 9.36. The average Bonchev–Trinajstić information content (AvgIpc) is 3.76. The van der Waals surface area contributed by atoms with Crippen LogP contribution in [0, 0.1) is 0 Å². The van der Waals surface area contributed by atoms with Crippen molar-refractivity contribution in [3.05, 3.63) is 152 Å². The topological polar surface area (TPSA) is 210 Å². The number of Topliss-reactive ketones (excluding diaryl/α,β-unsaturated/α-hetero) is 1. The molecule has 1 unspecified atom stereocenters. The molecule has 1 amide bonds. The molecule has 59 heavy (non-hydrogen) atoms. The number of para-hydroxylation sites is 1. The van der Waals surface area contributed by atoms with Gasteiger partial charge in [0.15, 0.2) is 12.0 Å². The highest BCUT2D eigenvalue weighted by Gasteiger charge is 2.51. The summed E-state index contributed by atoms with van der Waals surface area (Å²) < 4.78 is 55.9. The Morgan fingerprint density at radius 3 is 2.27 bits per heavy atom. The smallest absolute Gasteiger partial charge is 0.402 e. The van der Waals surface area contributed by atoms with Gasteiger partial charge in [-0.25, -0.2) is 18.5 Å². The molecule has 4 heterocycles. The lowest BCUT2D eigenvalue weighted by Crippen LogP contribution is -2.36. The lowest BCUT2D eigenvalue weighted by Gasteiger charge is -2.27.